The minimum absolute atomic E-state index is 0.0999. The van der Waals surface area contributed by atoms with E-state index in [9.17, 15) is 14.4 Å². The molecule has 18 heavy (non-hydrogen) atoms. The molecule has 0 atom stereocenters. The quantitative estimate of drug-likeness (QED) is 0.457. The second-order valence-corrected chi connectivity index (χ2v) is 3.82. The molecule has 0 unspecified atom stereocenters. The molecule has 0 radical (unpaired) electrons. The maximum absolute atomic E-state index is 11.7. The van der Waals surface area contributed by atoms with E-state index in [-0.39, 0.29) is 23.6 Å². The van der Waals surface area contributed by atoms with Gasteiger partial charge in [0.15, 0.2) is 0 Å². The van der Waals surface area contributed by atoms with Gasteiger partial charge in [-0.1, -0.05) is 12.7 Å². The summed E-state index contributed by atoms with van der Waals surface area (Å²) in [7, 11) is 1.40. The predicted octanol–water partition coefficient (Wildman–Crippen LogP) is 1.26. The minimum atomic E-state index is -0.549. The SMILES string of the molecule is C=CCOC(=O)c1ccc2c(c1)C(=O)N(C)C2=O. The molecule has 5 heteroatoms. The average Bonchev–Trinajstić information content (AvgIpc) is 2.61. The monoisotopic (exact) mass is 245 g/mol. The third kappa shape index (κ3) is 1.79. The van der Waals surface area contributed by atoms with E-state index in [2.05, 4.69) is 6.58 Å². The van der Waals surface area contributed by atoms with Gasteiger partial charge in [-0.2, -0.15) is 0 Å². The summed E-state index contributed by atoms with van der Waals surface area (Å²) in [5.74, 6) is -1.32. The largest absolute Gasteiger partial charge is 0.458 e. The molecule has 1 heterocycles. The van der Waals surface area contributed by atoms with Crippen molar-refractivity contribution in [2.75, 3.05) is 13.7 Å². The van der Waals surface area contributed by atoms with Crippen molar-refractivity contribution in [1.82, 2.24) is 4.90 Å². The summed E-state index contributed by atoms with van der Waals surface area (Å²) < 4.78 is 4.86. The maximum atomic E-state index is 11.7. The number of esters is 1. The Hall–Kier alpha value is -2.43. The second kappa shape index (κ2) is 4.44. The van der Waals surface area contributed by atoms with E-state index in [1.807, 2.05) is 0 Å². The van der Waals surface area contributed by atoms with Crippen LogP contribution >= 0.6 is 0 Å². The third-order valence-electron chi connectivity index (χ3n) is 2.66. The molecule has 0 bridgehead atoms. The number of hydrogen-bond acceptors (Lipinski definition) is 4. The summed E-state index contributed by atoms with van der Waals surface area (Å²) >= 11 is 0. The van der Waals surface area contributed by atoms with Gasteiger partial charge in [0, 0.05) is 7.05 Å². The molecule has 2 rings (SSSR count). The van der Waals surface area contributed by atoms with Crippen LogP contribution < -0.4 is 0 Å². The Morgan fingerprint density at radius 3 is 2.67 bits per heavy atom. The first kappa shape index (κ1) is 12.0. The number of imide groups is 1. The smallest absolute Gasteiger partial charge is 0.338 e. The van der Waals surface area contributed by atoms with Crippen LogP contribution in [0, 0.1) is 0 Å². The molecule has 1 aliphatic rings. The highest BCUT2D eigenvalue weighted by Gasteiger charge is 2.33. The fourth-order valence-electron chi connectivity index (χ4n) is 1.71. The lowest BCUT2D eigenvalue weighted by Gasteiger charge is -2.03. The molecular formula is C13H11NO4. The number of ether oxygens (including phenoxy) is 1. The van der Waals surface area contributed by atoms with E-state index in [0.717, 1.165) is 4.90 Å². The summed E-state index contributed by atoms with van der Waals surface area (Å²) in [5.41, 5.74) is 0.783. The van der Waals surface area contributed by atoms with E-state index in [1.165, 1.54) is 31.3 Å². The Bertz CT molecular complexity index is 562. The molecule has 0 saturated heterocycles. The standard InChI is InChI=1S/C13H11NO4/c1-3-6-18-13(17)8-4-5-9-10(7-8)12(16)14(2)11(9)15/h3-5,7H,1,6H2,2H3. The van der Waals surface area contributed by atoms with Crippen LogP contribution in [0.1, 0.15) is 31.1 Å². The fraction of sp³-hybridized carbons (Fsp3) is 0.154. The average molecular weight is 245 g/mol. The first-order valence-electron chi connectivity index (χ1n) is 5.30. The molecular weight excluding hydrogens is 234 g/mol. The summed E-state index contributed by atoms with van der Waals surface area (Å²) in [5, 5.41) is 0. The highest BCUT2D eigenvalue weighted by molar-refractivity contribution is 6.21. The van der Waals surface area contributed by atoms with Crippen LogP contribution in [0.5, 0.6) is 0 Å². The van der Waals surface area contributed by atoms with Crippen molar-refractivity contribution in [3.63, 3.8) is 0 Å². The first-order chi connectivity index (χ1) is 8.56. The van der Waals surface area contributed by atoms with Gasteiger partial charge in [0.25, 0.3) is 11.8 Å². The number of carbonyl (C=O) groups excluding carboxylic acids is 3. The number of amides is 2. The van der Waals surface area contributed by atoms with Crippen LogP contribution in [0.15, 0.2) is 30.9 Å². The minimum Gasteiger partial charge on any atom is -0.458 e. The molecule has 0 aromatic heterocycles. The summed E-state index contributed by atoms with van der Waals surface area (Å²) in [6.45, 7) is 3.53. The van der Waals surface area contributed by atoms with E-state index in [4.69, 9.17) is 4.74 Å². The van der Waals surface area contributed by atoms with Gasteiger partial charge in [-0.25, -0.2) is 4.79 Å². The lowest BCUT2D eigenvalue weighted by Crippen LogP contribution is -2.24. The van der Waals surface area contributed by atoms with Crippen LogP contribution in [0.4, 0.5) is 0 Å². The second-order valence-electron chi connectivity index (χ2n) is 3.82. The molecule has 1 aromatic carbocycles. The van der Waals surface area contributed by atoms with Gasteiger partial charge in [-0.05, 0) is 18.2 Å². The van der Waals surface area contributed by atoms with Crippen molar-refractivity contribution in [3.05, 3.63) is 47.5 Å². The van der Waals surface area contributed by atoms with Crippen LogP contribution in [0.2, 0.25) is 0 Å². The zero-order valence-corrected chi connectivity index (χ0v) is 9.80. The van der Waals surface area contributed by atoms with Crippen molar-refractivity contribution in [2.45, 2.75) is 0 Å². The number of hydrogen-bond donors (Lipinski definition) is 0. The normalized spacial score (nSPS) is 13.5. The molecule has 2 amide bonds. The molecule has 0 aliphatic carbocycles. The van der Waals surface area contributed by atoms with E-state index >= 15 is 0 Å². The summed E-state index contributed by atoms with van der Waals surface area (Å²) in [4.78, 5) is 36.0. The zero-order chi connectivity index (χ0) is 13.3. The van der Waals surface area contributed by atoms with Gasteiger partial charge in [-0.15, -0.1) is 0 Å². The van der Waals surface area contributed by atoms with Gasteiger partial charge in [-0.3, -0.25) is 14.5 Å². The molecule has 0 spiro atoms. The third-order valence-corrected chi connectivity index (χ3v) is 2.66. The predicted molar refractivity (Wildman–Crippen MR) is 63.3 cm³/mol. The molecule has 0 saturated carbocycles. The Kier molecular flexibility index (Phi) is 2.97. The van der Waals surface area contributed by atoms with Crippen LogP contribution in [-0.4, -0.2) is 36.3 Å². The van der Waals surface area contributed by atoms with Crippen molar-refractivity contribution in [3.8, 4) is 0 Å². The van der Waals surface area contributed by atoms with Gasteiger partial charge in [0.2, 0.25) is 0 Å². The van der Waals surface area contributed by atoms with Gasteiger partial charge in [0.05, 0.1) is 16.7 Å². The molecule has 5 nitrogen and oxygen atoms in total. The number of carbonyl (C=O) groups is 3. The van der Waals surface area contributed by atoms with Crippen LogP contribution in [0.3, 0.4) is 0 Å². The van der Waals surface area contributed by atoms with E-state index in [1.54, 1.807) is 0 Å². The zero-order valence-electron chi connectivity index (χ0n) is 9.80. The Balaban J connectivity index is 2.35. The topological polar surface area (TPSA) is 63.7 Å². The number of fused-ring (bicyclic) bond motifs is 1. The lowest BCUT2D eigenvalue weighted by molar-refractivity contribution is 0.0549. The van der Waals surface area contributed by atoms with Crippen molar-refractivity contribution in [2.24, 2.45) is 0 Å². The number of benzene rings is 1. The highest BCUT2D eigenvalue weighted by atomic mass is 16.5. The molecule has 1 aliphatic heterocycles. The molecule has 0 N–H and O–H groups in total. The van der Waals surface area contributed by atoms with E-state index in [0.29, 0.717) is 5.56 Å². The highest BCUT2D eigenvalue weighted by Crippen LogP contribution is 2.22. The van der Waals surface area contributed by atoms with Gasteiger partial charge < -0.3 is 4.74 Å². The molecule has 0 fully saturated rings. The number of rotatable bonds is 3. The molecule has 92 valence electrons. The van der Waals surface area contributed by atoms with Crippen molar-refractivity contribution < 1.29 is 19.1 Å². The Morgan fingerprint density at radius 1 is 1.33 bits per heavy atom. The Morgan fingerprint density at radius 2 is 2.00 bits per heavy atom. The fourth-order valence-corrected chi connectivity index (χ4v) is 1.71. The summed E-state index contributed by atoms with van der Waals surface area (Å²) in [6.07, 6.45) is 1.45. The number of nitrogens with zero attached hydrogens (tertiary/aromatic N) is 1. The van der Waals surface area contributed by atoms with Gasteiger partial charge in [0.1, 0.15) is 6.61 Å². The van der Waals surface area contributed by atoms with Crippen LogP contribution in [-0.2, 0) is 4.74 Å². The lowest BCUT2D eigenvalue weighted by atomic mass is 10.1. The molecule has 1 aromatic rings. The maximum Gasteiger partial charge on any atom is 0.338 e. The van der Waals surface area contributed by atoms with Crippen molar-refractivity contribution >= 4 is 17.8 Å². The van der Waals surface area contributed by atoms with E-state index < -0.39 is 11.9 Å². The van der Waals surface area contributed by atoms with Gasteiger partial charge >= 0.3 is 5.97 Å². The Labute approximate surface area is 104 Å². The van der Waals surface area contributed by atoms with Crippen LogP contribution in [0.25, 0.3) is 0 Å². The summed E-state index contributed by atoms with van der Waals surface area (Å²) in [6, 6.07) is 4.31. The first-order valence-corrected chi connectivity index (χ1v) is 5.30. The van der Waals surface area contributed by atoms with Crippen molar-refractivity contribution in [1.29, 1.82) is 0 Å².